The molecule has 1 aliphatic carbocycles. The summed E-state index contributed by atoms with van der Waals surface area (Å²) in [6.07, 6.45) is -0.293. The molecule has 2 aromatic carbocycles. The quantitative estimate of drug-likeness (QED) is 0.280. The highest BCUT2D eigenvalue weighted by molar-refractivity contribution is 6.03. The van der Waals surface area contributed by atoms with E-state index >= 15 is 0 Å². The van der Waals surface area contributed by atoms with E-state index in [9.17, 15) is 26.7 Å². The first-order chi connectivity index (χ1) is 18.7. The molecular weight excluding hydrogens is 519 g/mol. The molecular formula is C28H17F5N4O2. The maximum absolute atomic E-state index is 14.7. The Kier molecular flexibility index (Phi) is 5.78. The van der Waals surface area contributed by atoms with Gasteiger partial charge >= 0.3 is 6.18 Å². The van der Waals surface area contributed by atoms with Gasteiger partial charge in [0.05, 0.1) is 22.8 Å². The van der Waals surface area contributed by atoms with Gasteiger partial charge in [0.2, 0.25) is 11.4 Å². The summed E-state index contributed by atoms with van der Waals surface area (Å²) in [7, 11) is 0. The van der Waals surface area contributed by atoms with Crippen molar-refractivity contribution in [2.24, 2.45) is 4.99 Å². The SMILES string of the molecule is O=c1ccc(N2C=NC(=C3CC3)c3cc(Oc4ncccc4C(F)(F)F)ccc32)c(-c2ccc(F)cc2F)[nH]1. The number of aromatic amines is 1. The number of ether oxygens (including phenoxy) is 1. The zero-order valence-corrected chi connectivity index (χ0v) is 19.9. The molecule has 2 aliphatic rings. The Morgan fingerprint density at radius 2 is 1.72 bits per heavy atom. The molecule has 11 heteroatoms. The van der Waals surface area contributed by atoms with Gasteiger partial charge in [-0.1, -0.05) is 0 Å². The minimum Gasteiger partial charge on any atom is -0.438 e. The van der Waals surface area contributed by atoms with Gasteiger partial charge in [-0.25, -0.2) is 18.8 Å². The average Bonchev–Trinajstić information content (AvgIpc) is 3.73. The smallest absolute Gasteiger partial charge is 0.421 e. The second-order valence-electron chi connectivity index (χ2n) is 8.91. The molecule has 39 heavy (non-hydrogen) atoms. The van der Waals surface area contributed by atoms with E-state index in [4.69, 9.17) is 4.74 Å². The van der Waals surface area contributed by atoms with Gasteiger partial charge in [0.15, 0.2) is 0 Å². The van der Waals surface area contributed by atoms with Gasteiger partial charge in [0, 0.05) is 29.5 Å². The summed E-state index contributed by atoms with van der Waals surface area (Å²) in [4.78, 5) is 24.7. The molecule has 1 N–H and O–H groups in total. The van der Waals surface area contributed by atoms with Gasteiger partial charge in [-0.05, 0) is 66.9 Å². The van der Waals surface area contributed by atoms with Crippen LogP contribution >= 0.6 is 0 Å². The van der Waals surface area contributed by atoms with Crippen LogP contribution in [0.25, 0.3) is 17.0 Å². The molecule has 0 spiro atoms. The molecule has 0 atom stereocenters. The summed E-state index contributed by atoms with van der Waals surface area (Å²) in [6, 6.07) is 12.5. The van der Waals surface area contributed by atoms with Crippen LogP contribution in [0.1, 0.15) is 24.0 Å². The highest BCUT2D eigenvalue weighted by atomic mass is 19.4. The van der Waals surface area contributed by atoms with Crippen LogP contribution < -0.4 is 15.2 Å². The van der Waals surface area contributed by atoms with E-state index in [2.05, 4.69) is 15.0 Å². The number of benzene rings is 2. The highest BCUT2D eigenvalue weighted by Crippen LogP contribution is 2.46. The zero-order valence-electron chi connectivity index (χ0n) is 19.9. The van der Waals surface area contributed by atoms with Gasteiger partial charge in [0.1, 0.15) is 29.3 Å². The third-order valence-corrected chi connectivity index (χ3v) is 6.27. The largest absolute Gasteiger partial charge is 0.438 e. The minimum absolute atomic E-state index is 0.0276. The number of alkyl halides is 3. The third kappa shape index (κ3) is 4.67. The van der Waals surface area contributed by atoms with E-state index in [1.54, 1.807) is 17.0 Å². The molecule has 0 unspecified atom stereocenters. The Bertz CT molecular complexity index is 1740. The molecule has 1 aliphatic heterocycles. The first-order valence-electron chi connectivity index (χ1n) is 11.8. The lowest BCUT2D eigenvalue weighted by Crippen LogP contribution is -2.22. The summed E-state index contributed by atoms with van der Waals surface area (Å²) >= 11 is 0. The number of aromatic nitrogens is 2. The molecule has 0 bridgehead atoms. The van der Waals surface area contributed by atoms with Gasteiger partial charge in [-0.15, -0.1) is 0 Å². The second kappa shape index (κ2) is 9.19. The molecule has 1 saturated carbocycles. The van der Waals surface area contributed by atoms with Gasteiger partial charge < -0.3 is 9.72 Å². The normalized spacial score (nSPS) is 14.4. The molecule has 3 heterocycles. The second-order valence-corrected chi connectivity index (χ2v) is 8.91. The van der Waals surface area contributed by atoms with Crippen LogP contribution in [0.4, 0.5) is 33.3 Å². The summed E-state index contributed by atoms with van der Waals surface area (Å²) in [5.41, 5.74) is 1.77. The fraction of sp³-hybridized carbons (Fsp3) is 0.107. The fourth-order valence-electron chi connectivity index (χ4n) is 4.36. The number of rotatable bonds is 4. The summed E-state index contributed by atoms with van der Waals surface area (Å²) in [5, 5.41) is 0. The van der Waals surface area contributed by atoms with Crippen molar-refractivity contribution in [3.05, 3.63) is 106 Å². The van der Waals surface area contributed by atoms with Crippen molar-refractivity contribution < 1.29 is 26.7 Å². The Hall–Kier alpha value is -4.80. The highest BCUT2D eigenvalue weighted by Gasteiger charge is 2.35. The van der Waals surface area contributed by atoms with Crippen LogP contribution in [-0.4, -0.2) is 16.3 Å². The number of pyridine rings is 2. The van der Waals surface area contributed by atoms with Gasteiger partial charge in [-0.2, -0.15) is 13.2 Å². The van der Waals surface area contributed by atoms with Crippen LogP contribution in [0, 0.1) is 11.6 Å². The molecule has 0 saturated heterocycles. The van der Waals surface area contributed by atoms with Crippen LogP contribution in [0.2, 0.25) is 0 Å². The van der Waals surface area contributed by atoms with E-state index < -0.39 is 34.8 Å². The number of nitrogens with zero attached hydrogens (tertiary/aromatic N) is 3. The van der Waals surface area contributed by atoms with E-state index in [1.807, 2.05) is 0 Å². The summed E-state index contributed by atoms with van der Waals surface area (Å²) < 4.78 is 74.3. The zero-order chi connectivity index (χ0) is 27.3. The minimum atomic E-state index is -4.66. The van der Waals surface area contributed by atoms with E-state index in [0.717, 1.165) is 30.5 Å². The van der Waals surface area contributed by atoms with Crippen LogP contribution in [0.5, 0.6) is 11.6 Å². The maximum Gasteiger partial charge on any atom is 0.421 e. The maximum atomic E-state index is 14.7. The van der Waals surface area contributed by atoms with Crippen molar-refractivity contribution in [3.63, 3.8) is 0 Å². The predicted octanol–water partition coefficient (Wildman–Crippen LogP) is 7.21. The number of aliphatic imine (C=N–C) groups is 1. The fourth-order valence-corrected chi connectivity index (χ4v) is 4.36. The molecule has 6 rings (SSSR count). The lowest BCUT2D eigenvalue weighted by molar-refractivity contribution is -0.138. The van der Waals surface area contributed by atoms with Crippen LogP contribution in [0.15, 0.2) is 82.2 Å². The van der Waals surface area contributed by atoms with Crippen molar-refractivity contribution in [1.82, 2.24) is 9.97 Å². The first-order valence-corrected chi connectivity index (χ1v) is 11.8. The molecule has 0 radical (unpaired) electrons. The lowest BCUT2D eigenvalue weighted by Gasteiger charge is -2.29. The van der Waals surface area contributed by atoms with Crippen molar-refractivity contribution in [1.29, 1.82) is 0 Å². The Labute approximate surface area is 217 Å². The number of anilines is 2. The predicted molar refractivity (Wildman–Crippen MR) is 135 cm³/mol. The molecule has 196 valence electrons. The monoisotopic (exact) mass is 536 g/mol. The third-order valence-electron chi connectivity index (χ3n) is 6.27. The summed E-state index contributed by atoms with van der Waals surface area (Å²) in [6.45, 7) is 0. The first kappa shape index (κ1) is 24.5. The van der Waals surface area contributed by atoms with Crippen molar-refractivity contribution in [2.45, 2.75) is 19.0 Å². The van der Waals surface area contributed by atoms with E-state index in [1.165, 1.54) is 42.9 Å². The molecule has 2 aromatic heterocycles. The topological polar surface area (TPSA) is 70.6 Å². The number of nitrogens with one attached hydrogen (secondary N) is 1. The van der Waals surface area contributed by atoms with Crippen molar-refractivity contribution >= 4 is 23.4 Å². The molecule has 6 nitrogen and oxygen atoms in total. The van der Waals surface area contributed by atoms with E-state index in [0.29, 0.717) is 28.7 Å². The van der Waals surface area contributed by atoms with Crippen molar-refractivity contribution in [2.75, 3.05) is 4.90 Å². The van der Waals surface area contributed by atoms with E-state index in [-0.39, 0.29) is 17.0 Å². The Balaban J connectivity index is 1.46. The standard InChI is InChI=1S/C28H17F5N4O2/c29-16-5-7-18(21(30)12-16)26-23(9-10-24(38)36-26)37-14-35-25(15-3-4-15)19-13-17(6-8-22(19)37)39-27-20(28(31,32)33)2-1-11-34-27/h1-2,5-14H,3-4H2,(H,36,38). The average molecular weight is 536 g/mol. The number of hydrogen-bond acceptors (Lipinski definition) is 5. The number of halogens is 5. The number of fused-ring (bicyclic) bond motifs is 1. The molecule has 4 aromatic rings. The Morgan fingerprint density at radius 3 is 2.46 bits per heavy atom. The van der Waals surface area contributed by atoms with Gasteiger partial charge in [0.25, 0.3) is 0 Å². The summed E-state index contributed by atoms with van der Waals surface area (Å²) in [5.74, 6) is -2.11. The van der Waals surface area contributed by atoms with Crippen LogP contribution in [-0.2, 0) is 6.18 Å². The lowest BCUT2D eigenvalue weighted by atomic mass is 10.0. The number of H-pyrrole nitrogens is 1. The number of hydrogen-bond donors (Lipinski definition) is 1. The molecule has 1 fully saturated rings. The Morgan fingerprint density at radius 1 is 0.923 bits per heavy atom. The number of allylic oxidation sites excluding steroid dienone is 1. The molecule has 0 amide bonds. The van der Waals surface area contributed by atoms with Crippen LogP contribution in [0.3, 0.4) is 0 Å². The van der Waals surface area contributed by atoms with Gasteiger partial charge in [-0.3, -0.25) is 9.69 Å². The van der Waals surface area contributed by atoms with Crippen molar-refractivity contribution in [3.8, 4) is 22.9 Å².